The lowest BCUT2D eigenvalue weighted by Gasteiger charge is -2.25. The molecule has 10 heteroatoms. The fourth-order valence-corrected chi connectivity index (χ4v) is 2.65. The standard InChI is InChI=1S/C18H38BN5O4/c1-12(2)10-14(19(27)28)24-16(26)13(8-7-9-22-17(20)21-6)23-15(25)11-18(3,4)5/h12-14,27-28H,7-11H2,1-6H3,(H,23,25)(H,24,26)(H3,20,21,22)/t13-,14-/m0/s1. The average molecular weight is 399 g/mol. The molecule has 0 heterocycles. The maximum atomic E-state index is 12.7. The van der Waals surface area contributed by atoms with Crippen molar-refractivity contribution in [2.45, 2.75) is 72.3 Å². The molecule has 0 rings (SSSR count). The van der Waals surface area contributed by atoms with Gasteiger partial charge in [0.1, 0.15) is 6.04 Å². The normalized spacial score (nSPS) is 13.5. The number of amides is 2. The average Bonchev–Trinajstić information content (AvgIpc) is 2.54. The van der Waals surface area contributed by atoms with Gasteiger partial charge in [0.15, 0.2) is 5.96 Å². The minimum absolute atomic E-state index is 0.165. The SMILES string of the molecule is CNC(=N)NCCC[C@H](NC(=O)CC(C)(C)C)C(=O)N[C@@H](CC(C)C)B(O)O. The molecule has 0 radical (unpaired) electrons. The third kappa shape index (κ3) is 12.6. The first-order valence-electron chi connectivity index (χ1n) is 9.81. The van der Waals surface area contributed by atoms with Crippen LogP contribution in [0.4, 0.5) is 0 Å². The largest absolute Gasteiger partial charge is 0.475 e. The van der Waals surface area contributed by atoms with Gasteiger partial charge in [-0.2, -0.15) is 0 Å². The summed E-state index contributed by atoms with van der Waals surface area (Å²) in [6, 6.07) is -0.783. The summed E-state index contributed by atoms with van der Waals surface area (Å²) in [5.74, 6) is -1.13. The van der Waals surface area contributed by atoms with Crippen molar-refractivity contribution in [3.05, 3.63) is 0 Å². The summed E-state index contributed by atoms with van der Waals surface area (Å²) in [5, 5.41) is 37.5. The molecule has 0 unspecified atom stereocenters. The number of rotatable bonds is 11. The van der Waals surface area contributed by atoms with E-state index >= 15 is 0 Å². The molecule has 0 aromatic carbocycles. The molecule has 0 saturated carbocycles. The monoisotopic (exact) mass is 399 g/mol. The summed E-state index contributed by atoms with van der Waals surface area (Å²) in [5.41, 5.74) is -0.212. The Bertz CT molecular complexity index is 509. The van der Waals surface area contributed by atoms with E-state index in [4.69, 9.17) is 5.41 Å². The number of guanidine groups is 1. The van der Waals surface area contributed by atoms with Gasteiger partial charge in [-0.3, -0.25) is 15.0 Å². The topological polar surface area (TPSA) is 147 Å². The Hall–Kier alpha value is -1.81. The molecule has 0 aliphatic heterocycles. The van der Waals surface area contributed by atoms with E-state index in [1.54, 1.807) is 7.05 Å². The molecule has 162 valence electrons. The second-order valence-corrected chi connectivity index (χ2v) is 8.71. The van der Waals surface area contributed by atoms with E-state index in [-0.39, 0.29) is 29.6 Å². The molecule has 2 atom stereocenters. The molecule has 0 aromatic rings. The molecule has 0 fully saturated rings. The summed E-state index contributed by atoms with van der Waals surface area (Å²) in [6.45, 7) is 10.1. The molecular formula is C18H38BN5O4. The van der Waals surface area contributed by atoms with Gasteiger partial charge in [-0.25, -0.2) is 0 Å². The van der Waals surface area contributed by atoms with Crippen LogP contribution in [-0.4, -0.2) is 60.5 Å². The quantitative estimate of drug-likeness (QED) is 0.112. The van der Waals surface area contributed by atoms with E-state index in [1.807, 2.05) is 34.6 Å². The van der Waals surface area contributed by atoms with Gasteiger partial charge in [0, 0.05) is 20.0 Å². The minimum Gasteiger partial charge on any atom is -0.426 e. The molecule has 0 spiro atoms. The summed E-state index contributed by atoms with van der Waals surface area (Å²) in [6.07, 6.45) is 1.60. The first-order chi connectivity index (χ1) is 12.9. The molecular weight excluding hydrogens is 361 g/mol. The van der Waals surface area contributed by atoms with Crippen molar-refractivity contribution in [1.82, 2.24) is 21.3 Å². The Morgan fingerprint density at radius 2 is 1.75 bits per heavy atom. The Labute approximate surface area is 169 Å². The van der Waals surface area contributed by atoms with Gasteiger partial charge < -0.3 is 31.3 Å². The number of carbonyl (C=O) groups is 2. The lowest BCUT2D eigenvalue weighted by Crippen LogP contribution is -2.54. The van der Waals surface area contributed by atoms with E-state index in [2.05, 4.69) is 21.3 Å². The minimum atomic E-state index is -1.67. The maximum absolute atomic E-state index is 12.7. The second kappa shape index (κ2) is 12.6. The zero-order chi connectivity index (χ0) is 21.9. The summed E-state index contributed by atoms with van der Waals surface area (Å²) < 4.78 is 0. The lowest BCUT2D eigenvalue weighted by atomic mass is 9.75. The third-order valence-electron chi connectivity index (χ3n) is 3.98. The smallest absolute Gasteiger partial charge is 0.426 e. The molecule has 0 bridgehead atoms. The van der Waals surface area contributed by atoms with E-state index in [9.17, 15) is 19.6 Å². The zero-order valence-corrected chi connectivity index (χ0v) is 18.1. The van der Waals surface area contributed by atoms with Crippen LogP contribution in [0.1, 0.15) is 60.3 Å². The van der Waals surface area contributed by atoms with Crippen LogP contribution >= 0.6 is 0 Å². The highest BCUT2D eigenvalue weighted by Gasteiger charge is 2.30. The van der Waals surface area contributed by atoms with Crippen LogP contribution < -0.4 is 21.3 Å². The molecule has 0 saturated heterocycles. The van der Waals surface area contributed by atoms with E-state index in [1.165, 1.54) is 0 Å². The van der Waals surface area contributed by atoms with Crippen LogP contribution in [-0.2, 0) is 9.59 Å². The van der Waals surface area contributed by atoms with Gasteiger partial charge in [0.2, 0.25) is 11.8 Å². The second-order valence-electron chi connectivity index (χ2n) is 8.71. The maximum Gasteiger partial charge on any atom is 0.475 e. The first kappa shape index (κ1) is 26.2. The fourth-order valence-electron chi connectivity index (χ4n) is 2.65. The molecule has 0 aliphatic rings. The van der Waals surface area contributed by atoms with Crippen LogP contribution in [0, 0.1) is 16.7 Å². The third-order valence-corrected chi connectivity index (χ3v) is 3.98. The van der Waals surface area contributed by atoms with Gasteiger partial charge >= 0.3 is 7.12 Å². The Morgan fingerprint density at radius 3 is 2.21 bits per heavy atom. The predicted octanol–water partition coefficient (Wildman–Crippen LogP) is -0.0257. The molecule has 28 heavy (non-hydrogen) atoms. The number of hydrogen-bond acceptors (Lipinski definition) is 5. The summed E-state index contributed by atoms with van der Waals surface area (Å²) in [7, 11) is -0.0389. The summed E-state index contributed by atoms with van der Waals surface area (Å²) in [4.78, 5) is 25.0. The number of nitrogens with one attached hydrogen (secondary N) is 5. The van der Waals surface area contributed by atoms with E-state index < -0.39 is 25.0 Å². The van der Waals surface area contributed by atoms with Crippen LogP contribution in [0.15, 0.2) is 0 Å². The molecule has 2 amide bonds. The molecule has 7 N–H and O–H groups in total. The van der Waals surface area contributed by atoms with E-state index in [0.29, 0.717) is 25.8 Å². The van der Waals surface area contributed by atoms with Crippen LogP contribution in [0.5, 0.6) is 0 Å². The Morgan fingerprint density at radius 1 is 1.14 bits per heavy atom. The summed E-state index contributed by atoms with van der Waals surface area (Å²) >= 11 is 0. The van der Waals surface area contributed by atoms with Crippen LogP contribution in [0.3, 0.4) is 0 Å². The van der Waals surface area contributed by atoms with Crippen molar-refractivity contribution < 1.29 is 19.6 Å². The number of hydrogen-bond donors (Lipinski definition) is 7. The van der Waals surface area contributed by atoms with Crippen molar-refractivity contribution in [2.24, 2.45) is 11.3 Å². The highest BCUT2D eigenvalue weighted by Crippen LogP contribution is 2.18. The van der Waals surface area contributed by atoms with Crippen molar-refractivity contribution in [3.63, 3.8) is 0 Å². The molecule has 0 aromatic heterocycles. The van der Waals surface area contributed by atoms with Crippen molar-refractivity contribution in [3.8, 4) is 0 Å². The lowest BCUT2D eigenvalue weighted by molar-refractivity contribution is -0.130. The predicted molar refractivity (Wildman–Crippen MR) is 112 cm³/mol. The molecule has 9 nitrogen and oxygen atoms in total. The molecule has 0 aliphatic carbocycles. The zero-order valence-electron chi connectivity index (χ0n) is 18.1. The van der Waals surface area contributed by atoms with Crippen LogP contribution in [0.2, 0.25) is 0 Å². The fraction of sp³-hybridized carbons (Fsp3) is 0.833. The first-order valence-corrected chi connectivity index (χ1v) is 9.81. The van der Waals surface area contributed by atoms with E-state index in [0.717, 1.165) is 0 Å². The van der Waals surface area contributed by atoms with Gasteiger partial charge in [-0.1, -0.05) is 34.6 Å². The highest BCUT2D eigenvalue weighted by atomic mass is 16.4. The van der Waals surface area contributed by atoms with Crippen molar-refractivity contribution >= 4 is 24.9 Å². The Kier molecular flexibility index (Phi) is 11.8. The van der Waals surface area contributed by atoms with Crippen molar-refractivity contribution in [1.29, 1.82) is 5.41 Å². The van der Waals surface area contributed by atoms with Gasteiger partial charge in [-0.15, -0.1) is 0 Å². The number of carbonyl (C=O) groups excluding carboxylic acids is 2. The highest BCUT2D eigenvalue weighted by molar-refractivity contribution is 6.43. The van der Waals surface area contributed by atoms with Crippen molar-refractivity contribution in [2.75, 3.05) is 13.6 Å². The van der Waals surface area contributed by atoms with Gasteiger partial charge in [-0.05, 0) is 30.6 Å². The Balaban J connectivity index is 4.98. The van der Waals surface area contributed by atoms with Crippen LogP contribution in [0.25, 0.3) is 0 Å². The van der Waals surface area contributed by atoms with Gasteiger partial charge in [0.05, 0.1) is 5.94 Å². The van der Waals surface area contributed by atoms with Gasteiger partial charge in [0.25, 0.3) is 0 Å².